The van der Waals surface area contributed by atoms with E-state index < -0.39 is 16.7 Å². The summed E-state index contributed by atoms with van der Waals surface area (Å²) in [5, 5.41) is 0. The molecule has 96 valence electrons. The second kappa shape index (κ2) is 7.41. The van der Waals surface area contributed by atoms with Crippen molar-refractivity contribution in [3.63, 3.8) is 0 Å². The molecule has 0 saturated heterocycles. The summed E-state index contributed by atoms with van der Waals surface area (Å²) in [6.07, 6.45) is 0. The van der Waals surface area contributed by atoms with Crippen LogP contribution >= 0.6 is 0 Å². The first-order chi connectivity index (χ1) is 6.00. The fourth-order valence-electron chi connectivity index (χ4n) is 0. The number of rotatable bonds is 0. The first kappa shape index (κ1) is 20.5. The molecule has 6 nitrogen and oxygen atoms in total. The van der Waals surface area contributed by atoms with E-state index in [1.54, 1.807) is 0 Å². The summed E-state index contributed by atoms with van der Waals surface area (Å²) >= 11 is -6.17. The zero-order chi connectivity index (χ0) is 13.5. The van der Waals surface area contributed by atoms with Crippen LogP contribution in [-0.4, -0.2) is 65.3 Å². The third-order valence-electron chi connectivity index (χ3n) is 0. The van der Waals surface area contributed by atoms with Crippen molar-refractivity contribution in [3.8, 4) is 0 Å². The molecule has 0 heterocycles. The minimum atomic E-state index is -6.17. The van der Waals surface area contributed by atoms with Gasteiger partial charge in [0, 0.05) is 0 Å². The number of quaternary nitrogens is 2. The number of nitrogens with zero attached hydrogens (tertiary/aromatic N) is 2. The molecule has 0 fully saturated rings. The SMILES string of the molecule is C[N+](C)(C)C.C[N+](C)(C)C.[O]=[W](=[O])([O-])[O-]. The zero-order valence-electron chi connectivity index (χ0n) is 10.9. The van der Waals surface area contributed by atoms with E-state index >= 15 is 0 Å². The van der Waals surface area contributed by atoms with E-state index in [1.165, 1.54) is 0 Å². The van der Waals surface area contributed by atoms with Crippen molar-refractivity contribution in [2.45, 2.75) is 0 Å². The third-order valence-corrected chi connectivity index (χ3v) is 0. The Morgan fingerprint density at radius 2 is 0.667 bits per heavy atom. The predicted molar refractivity (Wildman–Crippen MR) is 49.3 cm³/mol. The Bertz CT molecular complexity index is 204. The molecule has 0 rings (SSSR count). The van der Waals surface area contributed by atoms with Gasteiger partial charge in [-0.1, -0.05) is 0 Å². The summed E-state index contributed by atoms with van der Waals surface area (Å²) in [5.74, 6) is 0. The van der Waals surface area contributed by atoms with Crippen LogP contribution in [0.1, 0.15) is 0 Å². The molecule has 0 N–H and O–H groups in total. The molecule has 0 aromatic rings. The van der Waals surface area contributed by atoms with Crippen molar-refractivity contribution in [2.24, 2.45) is 0 Å². The van der Waals surface area contributed by atoms with Crippen LogP contribution in [0.4, 0.5) is 0 Å². The van der Waals surface area contributed by atoms with Gasteiger partial charge in [0.1, 0.15) is 0 Å². The monoisotopic (exact) mass is 396 g/mol. The van der Waals surface area contributed by atoms with Gasteiger partial charge in [0.05, 0.1) is 56.4 Å². The van der Waals surface area contributed by atoms with Crippen molar-refractivity contribution >= 4 is 0 Å². The molecule has 15 heavy (non-hydrogen) atoms. The fourth-order valence-corrected chi connectivity index (χ4v) is 0. The van der Waals surface area contributed by atoms with E-state index in [-0.39, 0.29) is 0 Å². The quantitative estimate of drug-likeness (QED) is 0.445. The Morgan fingerprint density at radius 1 is 0.667 bits per heavy atom. The topological polar surface area (TPSA) is 80.3 Å². The molecule has 0 spiro atoms. The van der Waals surface area contributed by atoms with Crippen LogP contribution in [0.5, 0.6) is 0 Å². The molecule has 0 aliphatic carbocycles. The standard InChI is InChI=1S/2C4H12N.4O.W/c2*1-5(2,3)4;;;;;/h2*1-4H3;;;;;/q2*+1;;;2*-1;. The van der Waals surface area contributed by atoms with Crippen molar-refractivity contribution in [3.05, 3.63) is 0 Å². The first-order valence-electron chi connectivity index (χ1n) is 4.24. The van der Waals surface area contributed by atoms with E-state index in [2.05, 4.69) is 56.4 Å². The van der Waals surface area contributed by atoms with E-state index in [0.717, 1.165) is 8.97 Å². The summed E-state index contributed by atoms with van der Waals surface area (Å²) in [5.41, 5.74) is 0. The van der Waals surface area contributed by atoms with Crippen molar-refractivity contribution in [2.75, 3.05) is 56.4 Å². The molecule has 0 bridgehead atoms. The molecular formula is C8H24N2O4W. The maximum absolute atomic E-state index is 8.65. The molecule has 7 heteroatoms. The summed E-state index contributed by atoms with van der Waals surface area (Å²) < 4.78 is 36.6. The van der Waals surface area contributed by atoms with Gasteiger partial charge in [0.25, 0.3) is 0 Å². The number of hydrogen-bond donors (Lipinski definition) is 0. The first-order valence-corrected chi connectivity index (χ1v) is 9.03. The van der Waals surface area contributed by atoms with Crippen molar-refractivity contribution in [1.29, 1.82) is 0 Å². The zero-order valence-corrected chi connectivity index (χ0v) is 13.9. The summed E-state index contributed by atoms with van der Waals surface area (Å²) in [6.45, 7) is 0. The van der Waals surface area contributed by atoms with Gasteiger partial charge in [-0.2, -0.15) is 0 Å². The van der Waals surface area contributed by atoms with E-state index in [1.807, 2.05) is 0 Å². The van der Waals surface area contributed by atoms with Gasteiger partial charge >= 0.3 is 31.1 Å². The van der Waals surface area contributed by atoms with Gasteiger partial charge in [0.2, 0.25) is 0 Å². The molecule has 0 saturated carbocycles. The van der Waals surface area contributed by atoms with Gasteiger partial charge in [-0.05, 0) is 0 Å². The Labute approximate surface area is 96.6 Å². The average Bonchev–Trinajstić information content (AvgIpc) is 1.41. The van der Waals surface area contributed by atoms with Crippen LogP contribution in [0.3, 0.4) is 0 Å². The van der Waals surface area contributed by atoms with E-state index in [9.17, 15) is 0 Å². The molecule has 0 aliphatic rings. The molecule has 0 amide bonds. The van der Waals surface area contributed by atoms with Gasteiger partial charge < -0.3 is 8.97 Å². The van der Waals surface area contributed by atoms with Crippen LogP contribution in [0, 0.1) is 0 Å². The molecule has 0 aromatic heterocycles. The van der Waals surface area contributed by atoms with Gasteiger partial charge in [-0.15, -0.1) is 0 Å². The van der Waals surface area contributed by atoms with Crippen LogP contribution in [-0.2, 0) is 23.5 Å². The maximum atomic E-state index is 8.65. The van der Waals surface area contributed by atoms with Gasteiger partial charge in [-0.25, -0.2) is 0 Å². The van der Waals surface area contributed by atoms with Crippen LogP contribution in [0.2, 0.25) is 0 Å². The molecule has 0 unspecified atom stereocenters. The fraction of sp³-hybridized carbons (Fsp3) is 1.00. The van der Waals surface area contributed by atoms with Crippen molar-refractivity contribution in [1.82, 2.24) is 0 Å². The van der Waals surface area contributed by atoms with Crippen LogP contribution in [0.15, 0.2) is 0 Å². The summed E-state index contributed by atoms with van der Waals surface area (Å²) in [7, 11) is 17.0. The second-order valence-corrected chi connectivity index (χ2v) is 8.71. The average molecular weight is 396 g/mol. The van der Waals surface area contributed by atoms with E-state index in [4.69, 9.17) is 14.3 Å². The Morgan fingerprint density at radius 3 is 0.667 bits per heavy atom. The van der Waals surface area contributed by atoms with Gasteiger partial charge in [-0.3, -0.25) is 0 Å². The van der Waals surface area contributed by atoms with Gasteiger partial charge in [0.15, 0.2) is 0 Å². The Kier molecular flexibility index (Phi) is 10.1. The molecule has 0 radical (unpaired) electrons. The summed E-state index contributed by atoms with van der Waals surface area (Å²) in [6, 6.07) is 0. The molecule has 0 aromatic carbocycles. The third kappa shape index (κ3) is 126000. The second-order valence-electron chi connectivity index (χ2n) is 5.77. The van der Waals surface area contributed by atoms with Crippen LogP contribution < -0.4 is 7.52 Å². The Balaban J connectivity index is -0.000000144. The predicted octanol–water partition coefficient (Wildman–Crippen LogP) is -1.97. The van der Waals surface area contributed by atoms with Crippen molar-refractivity contribution < 1.29 is 40.0 Å². The Hall–Kier alpha value is 0.128. The van der Waals surface area contributed by atoms with E-state index in [0.29, 0.717) is 0 Å². The number of hydrogen-bond acceptors (Lipinski definition) is 4. The van der Waals surface area contributed by atoms with Crippen LogP contribution in [0.25, 0.3) is 0 Å². The molecular weight excluding hydrogens is 372 g/mol. The molecule has 0 atom stereocenters. The molecule has 0 aliphatic heterocycles. The normalized spacial score (nSPS) is 11.9. The summed E-state index contributed by atoms with van der Waals surface area (Å²) in [4.78, 5) is 0. The minimum absolute atomic E-state index is 1.00.